The van der Waals surface area contributed by atoms with Gasteiger partial charge in [-0.3, -0.25) is 4.79 Å². The van der Waals surface area contributed by atoms with Crippen LogP contribution < -0.4 is 5.43 Å². The van der Waals surface area contributed by atoms with E-state index in [1.165, 1.54) is 6.92 Å². The van der Waals surface area contributed by atoms with Crippen LogP contribution in [-0.4, -0.2) is 72.9 Å². The first-order chi connectivity index (χ1) is 13.1. The Labute approximate surface area is 158 Å². The summed E-state index contributed by atoms with van der Waals surface area (Å²) in [5.74, 6) is -1.17. The molecule has 1 aromatic carbocycles. The van der Waals surface area contributed by atoms with Crippen LogP contribution in [0, 0.1) is 0 Å². The Morgan fingerprint density at radius 1 is 1.11 bits per heavy atom. The summed E-state index contributed by atoms with van der Waals surface area (Å²) in [5, 5.41) is 69.5. The number of phenolic OH excluding ortho intramolecular Hbond substituents is 2. The molecule has 28 heavy (non-hydrogen) atoms. The van der Waals surface area contributed by atoms with Crippen LogP contribution in [0.4, 0.5) is 0 Å². The summed E-state index contributed by atoms with van der Waals surface area (Å²) >= 11 is 0. The van der Waals surface area contributed by atoms with E-state index in [9.17, 15) is 40.5 Å². The molecule has 2 heterocycles. The smallest absolute Gasteiger partial charge is 0.196 e. The number of hydrogen-bond acceptors (Lipinski definition) is 10. The normalized spacial score (nSPS) is 29.1. The summed E-state index contributed by atoms with van der Waals surface area (Å²) in [7, 11) is 0. The van der Waals surface area contributed by atoms with Crippen molar-refractivity contribution in [2.24, 2.45) is 0 Å². The molecule has 1 fully saturated rings. The number of ether oxygens (including phenoxy) is 1. The molecule has 1 saturated heterocycles. The molecule has 3 rings (SSSR count). The minimum Gasteiger partial charge on any atom is -0.507 e. The van der Waals surface area contributed by atoms with E-state index in [1.54, 1.807) is 0 Å². The van der Waals surface area contributed by atoms with Gasteiger partial charge in [-0.1, -0.05) is 0 Å². The van der Waals surface area contributed by atoms with Gasteiger partial charge < -0.3 is 44.9 Å². The van der Waals surface area contributed by atoms with E-state index in [2.05, 4.69) is 0 Å². The van der Waals surface area contributed by atoms with E-state index in [0.717, 1.165) is 12.1 Å². The Balaban J connectivity index is 2.14. The zero-order chi connectivity index (χ0) is 20.7. The number of rotatable bonds is 4. The second-order valence-electron chi connectivity index (χ2n) is 6.91. The van der Waals surface area contributed by atoms with Crippen molar-refractivity contribution in [2.75, 3.05) is 6.61 Å². The van der Waals surface area contributed by atoms with E-state index in [4.69, 9.17) is 9.15 Å². The van der Waals surface area contributed by atoms with Crippen molar-refractivity contribution in [1.29, 1.82) is 0 Å². The molecule has 154 valence electrons. The first-order valence-corrected chi connectivity index (χ1v) is 8.65. The maximum Gasteiger partial charge on any atom is 0.196 e. The highest BCUT2D eigenvalue weighted by molar-refractivity contribution is 5.87. The van der Waals surface area contributed by atoms with E-state index >= 15 is 0 Å². The molecule has 7 N–H and O–H groups in total. The second-order valence-corrected chi connectivity index (χ2v) is 6.91. The van der Waals surface area contributed by atoms with Crippen LogP contribution in [0.2, 0.25) is 0 Å². The Hall–Kier alpha value is -2.21. The average Bonchev–Trinajstić information content (AvgIpc) is 2.60. The third-order valence-corrected chi connectivity index (χ3v) is 4.74. The molecule has 0 aliphatic carbocycles. The number of fused-ring (bicyclic) bond motifs is 1. The zero-order valence-corrected chi connectivity index (χ0v) is 14.9. The van der Waals surface area contributed by atoms with Gasteiger partial charge >= 0.3 is 0 Å². The number of aromatic hydroxyl groups is 2. The van der Waals surface area contributed by atoms with Crippen LogP contribution in [0.5, 0.6) is 11.5 Å². The summed E-state index contributed by atoms with van der Waals surface area (Å²) in [4.78, 5) is 12.5. The van der Waals surface area contributed by atoms with Crippen molar-refractivity contribution in [3.05, 3.63) is 33.7 Å². The average molecular weight is 398 g/mol. The van der Waals surface area contributed by atoms with Crippen molar-refractivity contribution in [1.82, 2.24) is 0 Å². The summed E-state index contributed by atoms with van der Waals surface area (Å²) in [6.45, 7) is 0.808. The van der Waals surface area contributed by atoms with Crippen molar-refractivity contribution in [3.63, 3.8) is 0 Å². The third-order valence-electron chi connectivity index (χ3n) is 4.74. The third kappa shape index (κ3) is 3.46. The van der Waals surface area contributed by atoms with Crippen LogP contribution in [0.15, 0.2) is 21.3 Å². The second kappa shape index (κ2) is 7.66. The molecular weight excluding hydrogens is 376 g/mol. The standard InChI is InChI=1S/C18H22O10/c1-6(20)2-7-3-8(21)12-10(27-7)4-9(22)13(15(12)24)18-17(26)16(25)14(23)11(5-19)28-18/h3-4,6,11,14,16-20,22-26H,2,5H2,1H3/t6-,11-,14-,16+,17-,18+/m1/s1. The Morgan fingerprint density at radius 2 is 1.79 bits per heavy atom. The number of phenols is 2. The van der Waals surface area contributed by atoms with Gasteiger partial charge in [0.15, 0.2) is 5.43 Å². The molecule has 10 heteroatoms. The first kappa shape index (κ1) is 20.5. The highest BCUT2D eigenvalue weighted by atomic mass is 16.5. The lowest BCUT2D eigenvalue weighted by Crippen LogP contribution is -2.55. The predicted molar refractivity (Wildman–Crippen MR) is 93.9 cm³/mol. The van der Waals surface area contributed by atoms with Crippen molar-refractivity contribution >= 4 is 11.0 Å². The monoisotopic (exact) mass is 398 g/mol. The van der Waals surface area contributed by atoms with Gasteiger partial charge in [-0.25, -0.2) is 0 Å². The van der Waals surface area contributed by atoms with Crippen molar-refractivity contribution in [3.8, 4) is 11.5 Å². The van der Waals surface area contributed by atoms with Gasteiger partial charge in [0.25, 0.3) is 0 Å². The molecule has 0 amide bonds. The van der Waals surface area contributed by atoms with Crippen molar-refractivity contribution < 1.29 is 44.9 Å². The molecule has 1 aliphatic heterocycles. The van der Waals surface area contributed by atoms with Crippen LogP contribution in [0.3, 0.4) is 0 Å². The summed E-state index contributed by atoms with van der Waals surface area (Å²) in [6, 6.07) is 2.13. The van der Waals surface area contributed by atoms with E-state index in [1.807, 2.05) is 0 Å². The summed E-state index contributed by atoms with van der Waals surface area (Å²) < 4.78 is 10.8. The molecule has 10 nitrogen and oxygen atoms in total. The number of benzene rings is 1. The fourth-order valence-corrected chi connectivity index (χ4v) is 3.37. The number of aliphatic hydroxyl groups is 5. The minimum absolute atomic E-state index is 0.0428. The molecule has 0 saturated carbocycles. The molecule has 0 bridgehead atoms. The molecule has 1 aromatic heterocycles. The Bertz CT molecular complexity index is 919. The number of hydrogen-bond donors (Lipinski definition) is 7. The fourth-order valence-electron chi connectivity index (χ4n) is 3.37. The molecule has 0 unspecified atom stereocenters. The maximum absolute atomic E-state index is 12.5. The van der Waals surface area contributed by atoms with Gasteiger partial charge in [0.1, 0.15) is 58.7 Å². The lowest BCUT2D eigenvalue weighted by molar-refractivity contribution is -0.232. The summed E-state index contributed by atoms with van der Waals surface area (Å²) in [6.07, 6.45) is -8.63. The zero-order valence-electron chi connectivity index (χ0n) is 14.9. The lowest BCUT2D eigenvalue weighted by Gasteiger charge is -2.40. The predicted octanol–water partition coefficient (Wildman–Crippen LogP) is -1.36. The van der Waals surface area contributed by atoms with Crippen molar-refractivity contribution in [2.45, 2.75) is 50.0 Å². The van der Waals surface area contributed by atoms with Gasteiger partial charge in [0.2, 0.25) is 0 Å². The van der Waals surface area contributed by atoms with Crippen LogP contribution in [0.1, 0.15) is 24.4 Å². The molecule has 6 atom stereocenters. The molecule has 0 spiro atoms. The van der Waals surface area contributed by atoms with Gasteiger partial charge in [-0.15, -0.1) is 0 Å². The molecule has 1 aliphatic rings. The highest BCUT2D eigenvalue weighted by Gasteiger charge is 2.46. The van der Waals surface area contributed by atoms with Crippen LogP contribution in [0.25, 0.3) is 11.0 Å². The van der Waals surface area contributed by atoms with E-state index in [0.29, 0.717) is 0 Å². The van der Waals surface area contributed by atoms with Gasteiger partial charge in [0.05, 0.1) is 18.3 Å². The highest BCUT2D eigenvalue weighted by Crippen LogP contribution is 2.44. The van der Waals surface area contributed by atoms with Crippen LogP contribution in [-0.2, 0) is 11.2 Å². The van der Waals surface area contributed by atoms with Crippen LogP contribution >= 0.6 is 0 Å². The van der Waals surface area contributed by atoms with Gasteiger partial charge in [0, 0.05) is 18.6 Å². The lowest BCUT2D eigenvalue weighted by atomic mass is 9.89. The first-order valence-electron chi connectivity index (χ1n) is 8.65. The molecule has 2 aromatic rings. The SMILES string of the molecule is C[C@@H](O)Cc1cc(=O)c2c(O)c([C@@H]3O[C@H](CO)[C@@H](O)[C@H](O)[C@H]3O)c(O)cc2o1. The topological polar surface area (TPSA) is 181 Å². The molecule has 0 radical (unpaired) electrons. The quantitative estimate of drug-likeness (QED) is 0.325. The van der Waals surface area contributed by atoms with E-state index < -0.39 is 60.2 Å². The van der Waals surface area contributed by atoms with Gasteiger partial charge in [-0.2, -0.15) is 0 Å². The maximum atomic E-state index is 12.5. The molecular formula is C18H22O10. The Kier molecular flexibility index (Phi) is 5.62. The minimum atomic E-state index is -1.76. The fraction of sp³-hybridized carbons (Fsp3) is 0.500. The van der Waals surface area contributed by atoms with Gasteiger partial charge in [-0.05, 0) is 6.92 Å². The largest absolute Gasteiger partial charge is 0.507 e. The number of aliphatic hydroxyl groups excluding tert-OH is 5. The summed E-state index contributed by atoms with van der Waals surface area (Å²) in [5.41, 5.74) is -1.19. The van der Waals surface area contributed by atoms with E-state index in [-0.39, 0.29) is 28.7 Å². The Morgan fingerprint density at radius 3 is 2.39 bits per heavy atom.